The van der Waals surface area contributed by atoms with Crippen LogP contribution in [-0.4, -0.2) is 55.6 Å². The number of rotatable bonds is 10. The highest BCUT2D eigenvalue weighted by Gasteiger charge is 2.14. The molecule has 0 saturated heterocycles. The van der Waals surface area contributed by atoms with Gasteiger partial charge in [-0.25, -0.2) is 18.4 Å². The lowest BCUT2D eigenvalue weighted by molar-refractivity contribution is 0.387. The van der Waals surface area contributed by atoms with Crippen LogP contribution < -0.4 is 14.8 Å². The summed E-state index contributed by atoms with van der Waals surface area (Å²) in [5.74, 6) is 1.22. The molecule has 0 saturated carbocycles. The van der Waals surface area contributed by atoms with Gasteiger partial charge >= 0.3 is 0 Å². The summed E-state index contributed by atoms with van der Waals surface area (Å²) in [5.41, 5.74) is 4.21. The fourth-order valence-corrected chi connectivity index (χ4v) is 5.24. The molecule has 5 aromatic rings. The fraction of sp³-hybridized carbons (Fsp3) is 0.172. The van der Waals surface area contributed by atoms with E-state index in [0.717, 1.165) is 35.4 Å². The lowest BCUT2D eigenvalue weighted by Crippen LogP contribution is -2.17. The molecular formula is C29H30N6O3S. The summed E-state index contributed by atoms with van der Waals surface area (Å²) in [6.45, 7) is 1.90. The zero-order chi connectivity index (χ0) is 27.4. The summed E-state index contributed by atoms with van der Waals surface area (Å²) in [6, 6.07) is 23.5. The van der Waals surface area contributed by atoms with Gasteiger partial charge in [0.2, 0.25) is 0 Å². The highest BCUT2D eigenvalue weighted by atomic mass is 32.2. The highest BCUT2D eigenvalue weighted by molar-refractivity contribution is 7.92. The number of benzene rings is 3. The van der Waals surface area contributed by atoms with Gasteiger partial charge < -0.3 is 19.5 Å². The fourth-order valence-electron chi connectivity index (χ4n) is 4.18. The Kier molecular flexibility index (Phi) is 7.49. The van der Waals surface area contributed by atoms with Crippen molar-refractivity contribution >= 4 is 38.1 Å². The number of nitrogens with one attached hydrogen (secondary N) is 2. The summed E-state index contributed by atoms with van der Waals surface area (Å²) in [4.78, 5) is 11.1. The van der Waals surface area contributed by atoms with Crippen molar-refractivity contribution < 1.29 is 13.2 Å². The Morgan fingerprint density at radius 2 is 1.64 bits per heavy atom. The van der Waals surface area contributed by atoms with E-state index in [1.165, 1.54) is 31.1 Å². The Hall–Kier alpha value is -4.41. The summed E-state index contributed by atoms with van der Waals surface area (Å²) in [5, 5.41) is 4.43. The van der Waals surface area contributed by atoms with Crippen molar-refractivity contribution in [3.05, 3.63) is 91.4 Å². The maximum Gasteiger partial charge on any atom is 0.261 e. The Morgan fingerprint density at radius 1 is 0.897 bits per heavy atom. The van der Waals surface area contributed by atoms with Gasteiger partial charge in [-0.05, 0) is 80.8 Å². The highest BCUT2D eigenvalue weighted by Crippen LogP contribution is 2.27. The first-order valence-electron chi connectivity index (χ1n) is 12.4. The van der Waals surface area contributed by atoms with E-state index in [1.54, 1.807) is 36.4 Å². The molecule has 0 aliphatic carbocycles. The van der Waals surface area contributed by atoms with Gasteiger partial charge in [0.25, 0.3) is 10.0 Å². The first-order valence-corrected chi connectivity index (χ1v) is 13.9. The molecule has 5 rings (SSSR count). The zero-order valence-electron chi connectivity index (χ0n) is 22.0. The van der Waals surface area contributed by atoms with Crippen LogP contribution in [0.1, 0.15) is 0 Å². The summed E-state index contributed by atoms with van der Waals surface area (Å²) in [7, 11) is 1.96. The summed E-state index contributed by atoms with van der Waals surface area (Å²) in [6.07, 6.45) is 3.65. The van der Waals surface area contributed by atoms with Crippen molar-refractivity contribution in [2.45, 2.75) is 11.4 Å². The number of fused-ring (bicyclic) bond motifs is 1. The number of hydrogen-bond donors (Lipinski definition) is 2. The van der Waals surface area contributed by atoms with Crippen LogP contribution in [0.2, 0.25) is 0 Å². The van der Waals surface area contributed by atoms with Crippen LogP contribution in [0, 0.1) is 0 Å². The maximum atomic E-state index is 12.7. The molecule has 0 aliphatic heterocycles. The van der Waals surface area contributed by atoms with Gasteiger partial charge in [0.15, 0.2) is 0 Å². The Morgan fingerprint density at radius 3 is 2.36 bits per heavy atom. The van der Waals surface area contributed by atoms with Gasteiger partial charge in [0.1, 0.15) is 17.9 Å². The Bertz CT molecular complexity index is 1680. The van der Waals surface area contributed by atoms with Crippen LogP contribution in [0.25, 0.3) is 22.2 Å². The number of nitrogens with zero attached hydrogens (tertiary/aromatic N) is 4. The summed E-state index contributed by atoms with van der Waals surface area (Å²) < 4.78 is 35.4. The maximum absolute atomic E-state index is 12.7. The van der Waals surface area contributed by atoms with Crippen molar-refractivity contribution in [2.75, 3.05) is 37.8 Å². The molecule has 0 bridgehead atoms. The van der Waals surface area contributed by atoms with Crippen LogP contribution >= 0.6 is 0 Å². The SMILES string of the molecule is COc1ccc(S(=O)(=O)Nc2ccc(Nc3cc(-c4ccc5c(ccn5CCN(C)C)c4)ncn3)cc2)cc1. The summed E-state index contributed by atoms with van der Waals surface area (Å²) >= 11 is 0. The number of likely N-dealkylation sites (N-methyl/N-ethyl adjacent to an activating group) is 1. The molecule has 0 fully saturated rings. The second-order valence-electron chi connectivity index (χ2n) is 9.36. The van der Waals surface area contributed by atoms with Crippen LogP contribution in [0.5, 0.6) is 5.75 Å². The quantitative estimate of drug-likeness (QED) is 0.250. The first kappa shape index (κ1) is 26.2. The van der Waals surface area contributed by atoms with Crippen LogP contribution in [0.4, 0.5) is 17.2 Å². The van der Waals surface area contributed by atoms with Gasteiger partial charge in [-0.2, -0.15) is 0 Å². The number of aromatic nitrogens is 3. The molecule has 200 valence electrons. The molecule has 0 aliphatic rings. The van der Waals surface area contributed by atoms with Crippen LogP contribution in [-0.2, 0) is 16.6 Å². The third kappa shape index (κ3) is 6.19. The van der Waals surface area contributed by atoms with Gasteiger partial charge in [-0.1, -0.05) is 6.07 Å². The zero-order valence-corrected chi connectivity index (χ0v) is 22.8. The third-order valence-corrected chi connectivity index (χ3v) is 7.70. The first-order chi connectivity index (χ1) is 18.8. The van der Waals surface area contributed by atoms with Gasteiger partial charge in [0, 0.05) is 53.2 Å². The standard InChI is InChI=1S/C29H30N6O3S/c1-34(2)16-17-35-15-14-22-18-21(4-13-28(22)35)27-19-29(31-20-30-27)32-23-5-7-24(8-6-23)33-39(36,37)26-11-9-25(38-3)10-12-26/h4-15,18-20,33H,16-17H2,1-3H3,(H,30,31,32). The number of sulfonamides is 1. The molecule has 2 N–H and O–H groups in total. The third-order valence-electron chi connectivity index (χ3n) is 6.30. The average Bonchev–Trinajstić information content (AvgIpc) is 3.35. The van der Waals surface area contributed by atoms with E-state index in [4.69, 9.17) is 4.74 Å². The van der Waals surface area contributed by atoms with Crippen molar-refractivity contribution in [1.82, 2.24) is 19.4 Å². The van der Waals surface area contributed by atoms with E-state index in [-0.39, 0.29) is 4.90 Å². The van der Waals surface area contributed by atoms with Crippen molar-refractivity contribution in [2.24, 2.45) is 0 Å². The lowest BCUT2D eigenvalue weighted by Gasteiger charge is -2.12. The Balaban J connectivity index is 1.27. The minimum Gasteiger partial charge on any atom is -0.497 e. The molecule has 2 aromatic heterocycles. The molecule has 3 aromatic carbocycles. The normalized spacial score (nSPS) is 11.6. The largest absolute Gasteiger partial charge is 0.497 e. The van der Waals surface area contributed by atoms with E-state index in [1.807, 2.05) is 6.07 Å². The second kappa shape index (κ2) is 11.1. The smallest absolute Gasteiger partial charge is 0.261 e. The van der Waals surface area contributed by atoms with Gasteiger partial charge in [0.05, 0.1) is 17.7 Å². The molecule has 0 atom stereocenters. The van der Waals surface area contributed by atoms with Crippen molar-refractivity contribution in [3.63, 3.8) is 0 Å². The van der Waals surface area contributed by atoms with E-state index < -0.39 is 10.0 Å². The molecule has 0 radical (unpaired) electrons. The monoisotopic (exact) mass is 542 g/mol. The van der Waals surface area contributed by atoms with Crippen molar-refractivity contribution in [3.8, 4) is 17.0 Å². The van der Waals surface area contributed by atoms with E-state index in [0.29, 0.717) is 17.3 Å². The molecule has 39 heavy (non-hydrogen) atoms. The predicted molar refractivity (Wildman–Crippen MR) is 155 cm³/mol. The van der Waals surface area contributed by atoms with E-state index in [2.05, 4.69) is 74.0 Å². The second-order valence-corrected chi connectivity index (χ2v) is 11.0. The predicted octanol–water partition coefficient (Wildman–Crippen LogP) is 5.21. The molecule has 2 heterocycles. The molecule has 0 amide bonds. The molecular weight excluding hydrogens is 512 g/mol. The van der Waals surface area contributed by atoms with E-state index in [9.17, 15) is 8.42 Å². The van der Waals surface area contributed by atoms with E-state index >= 15 is 0 Å². The van der Waals surface area contributed by atoms with Crippen LogP contribution in [0.3, 0.4) is 0 Å². The topological polar surface area (TPSA) is 101 Å². The van der Waals surface area contributed by atoms with Crippen molar-refractivity contribution in [1.29, 1.82) is 0 Å². The van der Waals surface area contributed by atoms with Gasteiger partial charge in [-0.3, -0.25) is 4.72 Å². The van der Waals surface area contributed by atoms with Gasteiger partial charge in [-0.15, -0.1) is 0 Å². The number of methoxy groups -OCH3 is 1. The average molecular weight is 543 g/mol. The minimum absolute atomic E-state index is 0.155. The molecule has 9 nitrogen and oxygen atoms in total. The minimum atomic E-state index is -3.72. The number of anilines is 3. The van der Waals surface area contributed by atoms with Crippen LogP contribution in [0.15, 0.2) is 96.3 Å². The number of hydrogen-bond acceptors (Lipinski definition) is 7. The molecule has 0 spiro atoms. The lowest BCUT2D eigenvalue weighted by atomic mass is 10.1. The molecule has 10 heteroatoms. The number of ether oxygens (including phenoxy) is 1. The molecule has 0 unspecified atom stereocenters. The Labute approximate surface area is 228 Å².